The summed E-state index contributed by atoms with van der Waals surface area (Å²) in [4.78, 5) is 11.9. The van der Waals surface area contributed by atoms with Crippen LogP contribution in [0.2, 0.25) is 0 Å². The lowest BCUT2D eigenvalue weighted by molar-refractivity contribution is 0.0954. The molecular weight excluding hydrogens is 300 g/mol. The van der Waals surface area contributed by atoms with Gasteiger partial charge in [0.05, 0.1) is 20.4 Å². The average Bonchev–Trinajstić information content (AvgIpc) is 2.55. The van der Waals surface area contributed by atoms with Gasteiger partial charge >= 0.3 is 0 Å². The van der Waals surface area contributed by atoms with Crippen LogP contribution in [0.25, 0.3) is 0 Å². The quantitative estimate of drug-likeness (QED) is 0.577. The molecule has 2 aromatic rings. The fraction of sp³-hybridized carbons (Fsp3) is 0.125. The molecule has 0 aliphatic carbocycles. The first-order chi connectivity index (χ1) is 11.0. The second-order valence-corrected chi connectivity index (χ2v) is 4.52. The minimum absolute atomic E-state index is 0.00497. The largest absolute Gasteiger partial charge is 0.508 e. The van der Waals surface area contributed by atoms with Gasteiger partial charge in [-0.05, 0) is 30.3 Å². The summed E-state index contributed by atoms with van der Waals surface area (Å²) >= 11 is 0. The maximum atomic E-state index is 11.9. The van der Waals surface area contributed by atoms with Crippen molar-refractivity contribution in [1.82, 2.24) is 5.43 Å². The Bertz CT molecular complexity index is 718. The van der Waals surface area contributed by atoms with Crippen molar-refractivity contribution in [3.63, 3.8) is 0 Å². The molecule has 1 amide bonds. The van der Waals surface area contributed by atoms with E-state index >= 15 is 0 Å². The first kappa shape index (κ1) is 16.2. The van der Waals surface area contributed by atoms with Gasteiger partial charge in [-0.3, -0.25) is 4.79 Å². The van der Waals surface area contributed by atoms with Crippen LogP contribution in [0.1, 0.15) is 15.9 Å². The van der Waals surface area contributed by atoms with E-state index in [2.05, 4.69) is 10.5 Å². The second-order valence-electron chi connectivity index (χ2n) is 4.52. The van der Waals surface area contributed by atoms with Gasteiger partial charge < -0.3 is 19.7 Å². The summed E-state index contributed by atoms with van der Waals surface area (Å²) in [7, 11) is 2.83. The number of carbonyl (C=O) groups excluding carboxylic acids is 1. The number of phenolic OH excluding ortho intramolecular Hbond substituents is 2. The van der Waals surface area contributed by atoms with Crippen LogP contribution in [0.5, 0.6) is 23.0 Å². The second kappa shape index (κ2) is 7.17. The van der Waals surface area contributed by atoms with Gasteiger partial charge in [-0.2, -0.15) is 5.10 Å². The van der Waals surface area contributed by atoms with Gasteiger partial charge in [0.1, 0.15) is 5.75 Å². The highest BCUT2D eigenvalue weighted by Crippen LogP contribution is 2.36. The van der Waals surface area contributed by atoms with E-state index in [4.69, 9.17) is 9.47 Å². The van der Waals surface area contributed by atoms with Gasteiger partial charge in [-0.15, -0.1) is 0 Å². The van der Waals surface area contributed by atoms with Crippen molar-refractivity contribution >= 4 is 12.1 Å². The summed E-state index contributed by atoms with van der Waals surface area (Å²) in [5, 5.41) is 23.0. The molecule has 3 N–H and O–H groups in total. The molecule has 0 atom stereocenters. The van der Waals surface area contributed by atoms with Crippen molar-refractivity contribution < 1.29 is 24.5 Å². The molecule has 0 aliphatic heterocycles. The third kappa shape index (κ3) is 3.91. The van der Waals surface area contributed by atoms with Crippen LogP contribution < -0.4 is 14.9 Å². The number of amides is 1. The van der Waals surface area contributed by atoms with E-state index in [1.165, 1.54) is 32.6 Å². The van der Waals surface area contributed by atoms with Crippen molar-refractivity contribution in [2.24, 2.45) is 5.10 Å². The van der Waals surface area contributed by atoms with Crippen LogP contribution in [0.4, 0.5) is 0 Å². The Labute approximate surface area is 132 Å². The van der Waals surface area contributed by atoms with E-state index in [-0.39, 0.29) is 28.6 Å². The molecule has 0 aliphatic rings. The zero-order valence-electron chi connectivity index (χ0n) is 12.6. The Morgan fingerprint density at radius 3 is 2.35 bits per heavy atom. The van der Waals surface area contributed by atoms with Gasteiger partial charge in [-0.1, -0.05) is 6.07 Å². The zero-order chi connectivity index (χ0) is 16.8. The van der Waals surface area contributed by atoms with Crippen LogP contribution >= 0.6 is 0 Å². The third-order valence-electron chi connectivity index (χ3n) is 2.99. The van der Waals surface area contributed by atoms with E-state index in [1.807, 2.05) is 0 Å². The maximum Gasteiger partial charge on any atom is 0.271 e. The maximum absolute atomic E-state index is 11.9. The van der Waals surface area contributed by atoms with Crippen LogP contribution in [-0.4, -0.2) is 36.6 Å². The normalized spacial score (nSPS) is 10.5. The molecule has 120 valence electrons. The Hall–Kier alpha value is -3.22. The molecule has 0 aromatic heterocycles. The highest BCUT2D eigenvalue weighted by molar-refractivity contribution is 5.95. The fourth-order valence-electron chi connectivity index (χ4n) is 1.87. The summed E-state index contributed by atoms with van der Waals surface area (Å²) in [6.07, 6.45) is 1.38. The molecule has 0 heterocycles. The molecule has 7 nitrogen and oxygen atoms in total. The lowest BCUT2D eigenvalue weighted by Gasteiger charge is -2.09. The van der Waals surface area contributed by atoms with Crippen molar-refractivity contribution in [1.29, 1.82) is 0 Å². The predicted octanol–water partition coefficient (Wildman–Crippen LogP) is 1.88. The van der Waals surface area contributed by atoms with Gasteiger partial charge in [-0.25, -0.2) is 5.43 Å². The number of hydrogen-bond donors (Lipinski definition) is 3. The number of hydrogen-bond acceptors (Lipinski definition) is 6. The Kier molecular flexibility index (Phi) is 5.03. The fourth-order valence-corrected chi connectivity index (χ4v) is 1.87. The predicted molar refractivity (Wildman–Crippen MR) is 84.4 cm³/mol. The number of carbonyl (C=O) groups is 1. The van der Waals surface area contributed by atoms with Crippen molar-refractivity contribution in [2.45, 2.75) is 0 Å². The van der Waals surface area contributed by atoms with E-state index in [0.717, 1.165) is 0 Å². The van der Waals surface area contributed by atoms with E-state index < -0.39 is 5.91 Å². The van der Waals surface area contributed by atoms with Crippen LogP contribution in [-0.2, 0) is 0 Å². The molecule has 0 radical (unpaired) electrons. The lowest BCUT2D eigenvalue weighted by Crippen LogP contribution is -2.17. The number of nitrogens with zero attached hydrogens (tertiary/aromatic N) is 1. The number of hydrazone groups is 1. The molecule has 0 saturated carbocycles. The average molecular weight is 316 g/mol. The topological polar surface area (TPSA) is 100 Å². The molecule has 0 unspecified atom stereocenters. The highest BCUT2D eigenvalue weighted by atomic mass is 16.5. The number of phenols is 2. The van der Waals surface area contributed by atoms with Gasteiger partial charge in [0.2, 0.25) is 5.75 Å². The zero-order valence-corrected chi connectivity index (χ0v) is 12.6. The molecule has 0 fully saturated rings. The Morgan fingerprint density at radius 2 is 1.78 bits per heavy atom. The minimum Gasteiger partial charge on any atom is -0.508 e. The SMILES string of the molecule is COc1cc(/C=N/NC(=O)c2cccc(O)c2)cc(OC)c1O. The van der Waals surface area contributed by atoms with Crippen molar-refractivity contribution in [3.05, 3.63) is 47.5 Å². The van der Waals surface area contributed by atoms with Gasteiger partial charge in [0.25, 0.3) is 5.91 Å². The Balaban J connectivity index is 2.13. The van der Waals surface area contributed by atoms with E-state index in [9.17, 15) is 15.0 Å². The highest BCUT2D eigenvalue weighted by Gasteiger charge is 2.10. The number of ether oxygens (including phenoxy) is 2. The summed E-state index contributed by atoms with van der Waals surface area (Å²) in [5.74, 6) is -0.129. The number of rotatable bonds is 5. The molecule has 2 rings (SSSR count). The number of aromatic hydroxyl groups is 2. The van der Waals surface area contributed by atoms with Crippen molar-refractivity contribution in [3.8, 4) is 23.0 Å². The van der Waals surface area contributed by atoms with E-state index in [0.29, 0.717) is 5.56 Å². The summed E-state index contributed by atoms with van der Waals surface area (Å²) in [6, 6.07) is 9.00. The summed E-state index contributed by atoms with van der Waals surface area (Å²) in [6.45, 7) is 0. The molecule has 7 heteroatoms. The standard InChI is InChI=1S/C16H16N2O5/c1-22-13-6-10(7-14(23-2)15(13)20)9-17-18-16(21)11-4-3-5-12(19)8-11/h3-9,19-20H,1-2H3,(H,18,21)/b17-9+. The number of nitrogens with one attached hydrogen (secondary N) is 1. The van der Waals surface area contributed by atoms with Crippen molar-refractivity contribution in [2.75, 3.05) is 14.2 Å². The van der Waals surface area contributed by atoms with Gasteiger partial charge in [0.15, 0.2) is 11.5 Å². The molecule has 23 heavy (non-hydrogen) atoms. The number of benzene rings is 2. The molecule has 0 saturated heterocycles. The molecule has 2 aromatic carbocycles. The Morgan fingerprint density at radius 1 is 1.13 bits per heavy atom. The third-order valence-corrected chi connectivity index (χ3v) is 2.99. The number of methoxy groups -OCH3 is 2. The van der Waals surface area contributed by atoms with Crippen LogP contribution in [0, 0.1) is 0 Å². The first-order valence-electron chi connectivity index (χ1n) is 6.62. The lowest BCUT2D eigenvalue weighted by atomic mass is 10.2. The molecular formula is C16H16N2O5. The minimum atomic E-state index is -0.463. The first-order valence-corrected chi connectivity index (χ1v) is 6.62. The monoisotopic (exact) mass is 316 g/mol. The molecule has 0 spiro atoms. The van der Waals surface area contributed by atoms with E-state index in [1.54, 1.807) is 24.3 Å². The summed E-state index contributed by atoms with van der Waals surface area (Å²) in [5.41, 5.74) is 3.18. The molecule has 0 bridgehead atoms. The smallest absolute Gasteiger partial charge is 0.271 e. The van der Waals surface area contributed by atoms with Crippen LogP contribution in [0.3, 0.4) is 0 Å². The van der Waals surface area contributed by atoms with Crippen LogP contribution in [0.15, 0.2) is 41.5 Å². The summed E-state index contributed by atoms with van der Waals surface area (Å²) < 4.78 is 10.1. The van der Waals surface area contributed by atoms with Gasteiger partial charge in [0, 0.05) is 11.1 Å².